The van der Waals surface area contributed by atoms with Gasteiger partial charge in [0.15, 0.2) is 0 Å². The van der Waals surface area contributed by atoms with Crippen LogP contribution in [0.4, 0.5) is 5.69 Å². The molecule has 1 rings (SSSR count). The average molecular weight is 222 g/mol. The van der Waals surface area contributed by atoms with E-state index < -0.39 is 0 Å². The molecule has 0 aliphatic carbocycles. The molecule has 0 radical (unpaired) electrons. The summed E-state index contributed by atoms with van der Waals surface area (Å²) >= 11 is 0. The fraction of sp³-hybridized carbons (Fsp3) is 0.538. The van der Waals surface area contributed by atoms with Crippen molar-refractivity contribution in [2.75, 3.05) is 25.1 Å². The lowest BCUT2D eigenvalue weighted by Gasteiger charge is -2.26. The third kappa shape index (κ3) is 2.47. The van der Waals surface area contributed by atoms with Crippen molar-refractivity contribution in [3.63, 3.8) is 0 Å². The van der Waals surface area contributed by atoms with E-state index in [0.29, 0.717) is 0 Å². The molecule has 0 unspecified atom stereocenters. The largest absolute Gasteiger partial charge is 0.496 e. The topological polar surface area (TPSA) is 38.5 Å². The zero-order valence-corrected chi connectivity index (χ0v) is 10.7. The molecule has 90 valence electrons. The Morgan fingerprint density at radius 1 is 1.31 bits per heavy atom. The van der Waals surface area contributed by atoms with Crippen LogP contribution >= 0.6 is 0 Å². The molecule has 0 aliphatic heterocycles. The van der Waals surface area contributed by atoms with Gasteiger partial charge in [0.1, 0.15) is 5.75 Å². The maximum Gasteiger partial charge on any atom is 0.125 e. The number of rotatable bonds is 5. The molecule has 0 spiro atoms. The monoisotopic (exact) mass is 222 g/mol. The van der Waals surface area contributed by atoms with Gasteiger partial charge >= 0.3 is 0 Å². The Morgan fingerprint density at radius 3 is 2.38 bits per heavy atom. The summed E-state index contributed by atoms with van der Waals surface area (Å²) in [5, 5.41) is 0. The lowest BCUT2D eigenvalue weighted by atomic mass is 10.0. The van der Waals surface area contributed by atoms with Gasteiger partial charge in [-0.3, -0.25) is 0 Å². The van der Waals surface area contributed by atoms with Crippen molar-refractivity contribution in [1.82, 2.24) is 0 Å². The molecule has 0 aliphatic rings. The summed E-state index contributed by atoms with van der Waals surface area (Å²) in [4.78, 5) is 2.29. The van der Waals surface area contributed by atoms with Crippen LogP contribution in [0, 0.1) is 0 Å². The number of methoxy groups -OCH3 is 1. The van der Waals surface area contributed by atoms with E-state index in [2.05, 4.69) is 24.8 Å². The lowest BCUT2D eigenvalue weighted by Crippen LogP contribution is -2.24. The summed E-state index contributed by atoms with van der Waals surface area (Å²) in [6, 6.07) is 6.06. The van der Waals surface area contributed by atoms with Gasteiger partial charge in [-0.25, -0.2) is 0 Å². The molecule has 0 aromatic heterocycles. The Labute approximate surface area is 98.2 Å². The van der Waals surface area contributed by atoms with E-state index in [-0.39, 0.29) is 6.04 Å². The number of ether oxygens (including phenoxy) is 1. The van der Waals surface area contributed by atoms with Crippen LogP contribution in [0.2, 0.25) is 0 Å². The van der Waals surface area contributed by atoms with Gasteiger partial charge in [0.25, 0.3) is 0 Å². The van der Waals surface area contributed by atoms with Crippen LogP contribution < -0.4 is 15.4 Å². The number of anilines is 1. The number of hydrogen-bond donors (Lipinski definition) is 1. The maximum atomic E-state index is 6.03. The predicted molar refractivity (Wildman–Crippen MR) is 69.2 cm³/mol. The van der Waals surface area contributed by atoms with Gasteiger partial charge < -0.3 is 15.4 Å². The van der Waals surface area contributed by atoms with E-state index in [1.807, 2.05) is 19.1 Å². The van der Waals surface area contributed by atoms with Crippen LogP contribution in [0.5, 0.6) is 5.75 Å². The summed E-state index contributed by atoms with van der Waals surface area (Å²) in [7, 11) is 1.69. The maximum absolute atomic E-state index is 6.03. The molecule has 1 aromatic rings. The van der Waals surface area contributed by atoms with Crippen LogP contribution in [-0.4, -0.2) is 20.2 Å². The molecule has 0 heterocycles. The highest BCUT2D eigenvalue weighted by molar-refractivity contribution is 5.60. The van der Waals surface area contributed by atoms with Gasteiger partial charge in [-0.05, 0) is 32.9 Å². The van der Waals surface area contributed by atoms with Crippen LogP contribution in [0.1, 0.15) is 32.4 Å². The van der Waals surface area contributed by atoms with E-state index in [0.717, 1.165) is 24.4 Å². The summed E-state index contributed by atoms with van der Waals surface area (Å²) in [6.45, 7) is 8.24. The SMILES string of the molecule is CCN(CC)c1cccc(OC)c1[C@H](C)N. The third-order valence-electron chi connectivity index (χ3n) is 2.82. The van der Waals surface area contributed by atoms with E-state index in [9.17, 15) is 0 Å². The summed E-state index contributed by atoms with van der Waals surface area (Å²) in [5.74, 6) is 0.874. The highest BCUT2D eigenvalue weighted by atomic mass is 16.5. The van der Waals surface area contributed by atoms with Gasteiger partial charge in [0.05, 0.1) is 7.11 Å². The number of benzene rings is 1. The Morgan fingerprint density at radius 2 is 1.94 bits per heavy atom. The normalized spacial score (nSPS) is 12.3. The van der Waals surface area contributed by atoms with E-state index in [1.165, 1.54) is 5.69 Å². The molecule has 2 N–H and O–H groups in total. The van der Waals surface area contributed by atoms with Gasteiger partial charge in [0, 0.05) is 30.4 Å². The number of hydrogen-bond acceptors (Lipinski definition) is 3. The molecule has 16 heavy (non-hydrogen) atoms. The minimum Gasteiger partial charge on any atom is -0.496 e. The average Bonchev–Trinajstić information content (AvgIpc) is 2.30. The molecule has 3 heteroatoms. The molecule has 1 atom stereocenters. The van der Waals surface area contributed by atoms with Gasteiger partial charge in [0.2, 0.25) is 0 Å². The minimum atomic E-state index is -0.0215. The van der Waals surface area contributed by atoms with Crippen molar-refractivity contribution in [2.24, 2.45) is 5.73 Å². The molecular weight excluding hydrogens is 200 g/mol. The van der Waals surface area contributed by atoms with Gasteiger partial charge in [-0.15, -0.1) is 0 Å². The van der Waals surface area contributed by atoms with Gasteiger partial charge in [-0.1, -0.05) is 6.07 Å². The first-order chi connectivity index (χ1) is 7.65. The van der Waals surface area contributed by atoms with Gasteiger partial charge in [-0.2, -0.15) is 0 Å². The summed E-state index contributed by atoms with van der Waals surface area (Å²) < 4.78 is 5.38. The Kier molecular flexibility index (Phi) is 4.62. The zero-order chi connectivity index (χ0) is 12.1. The van der Waals surface area contributed by atoms with Crippen LogP contribution in [0.25, 0.3) is 0 Å². The summed E-state index contributed by atoms with van der Waals surface area (Å²) in [6.07, 6.45) is 0. The Hall–Kier alpha value is -1.22. The minimum absolute atomic E-state index is 0.0215. The van der Waals surface area contributed by atoms with Crippen LogP contribution in [-0.2, 0) is 0 Å². The molecule has 0 fully saturated rings. The smallest absolute Gasteiger partial charge is 0.125 e. The third-order valence-corrected chi connectivity index (χ3v) is 2.82. The van der Waals surface area contributed by atoms with Crippen molar-refractivity contribution < 1.29 is 4.74 Å². The zero-order valence-electron chi connectivity index (χ0n) is 10.7. The first kappa shape index (κ1) is 12.8. The van der Waals surface area contributed by atoms with Crippen LogP contribution in [0.3, 0.4) is 0 Å². The second kappa shape index (κ2) is 5.75. The summed E-state index contributed by atoms with van der Waals surface area (Å²) in [5.41, 5.74) is 8.30. The Bertz CT molecular complexity index is 333. The first-order valence-electron chi connectivity index (χ1n) is 5.83. The van der Waals surface area contributed by atoms with Crippen molar-refractivity contribution in [3.05, 3.63) is 23.8 Å². The molecule has 0 saturated heterocycles. The highest BCUT2D eigenvalue weighted by Gasteiger charge is 2.15. The Balaban J connectivity index is 3.26. The molecule has 3 nitrogen and oxygen atoms in total. The molecule has 0 saturated carbocycles. The standard InChI is InChI=1S/C13H22N2O/c1-5-15(6-2)11-8-7-9-12(16-4)13(11)10(3)14/h7-10H,5-6,14H2,1-4H3/t10-/m0/s1. The fourth-order valence-corrected chi connectivity index (χ4v) is 2.01. The van der Waals surface area contributed by atoms with Crippen molar-refractivity contribution in [2.45, 2.75) is 26.8 Å². The first-order valence-corrected chi connectivity index (χ1v) is 5.83. The molecule has 1 aromatic carbocycles. The fourth-order valence-electron chi connectivity index (χ4n) is 2.01. The number of nitrogens with zero attached hydrogens (tertiary/aromatic N) is 1. The predicted octanol–water partition coefficient (Wildman–Crippen LogP) is 2.56. The van der Waals surface area contributed by atoms with Crippen molar-refractivity contribution in [1.29, 1.82) is 0 Å². The van der Waals surface area contributed by atoms with E-state index >= 15 is 0 Å². The quantitative estimate of drug-likeness (QED) is 0.832. The van der Waals surface area contributed by atoms with Crippen molar-refractivity contribution >= 4 is 5.69 Å². The second-order valence-electron chi connectivity index (χ2n) is 3.85. The molecule has 0 amide bonds. The lowest BCUT2D eigenvalue weighted by molar-refractivity contribution is 0.407. The van der Waals surface area contributed by atoms with E-state index in [1.54, 1.807) is 7.11 Å². The van der Waals surface area contributed by atoms with E-state index in [4.69, 9.17) is 10.5 Å². The van der Waals surface area contributed by atoms with Crippen molar-refractivity contribution in [3.8, 4) is 5.75 Å². The molecule has 0 bridgehead atoms. The molecular formula is C13H22N2O. The number of nitrogens with two attached hydrogens (primary N) is 1. The highest BCUT2D eigenvalue weighted by Crippen LogP contribution is 2.33. The van der Waals surface area contributed by atoms with Crippen LogP contribution in [0.15, 0.2) is 18.2 Å². The second-order valence-corrected chi connectivity index (χ2v) is 3.85.